The molecule has 0 aromatic carbocycles. The molecule has 0 radical (unpaired) electrons. The van der Waals surface area contributed by atoms with Crippen molar-refractivity contribution in [2.45, 2.75) is 58.0 Å². The normalized spacial score (nSPS) is 32.6. The number of likely N-dealkylation sites (tertiary alicyclic amines) is 1. The lowest BCUT2D eigenvalue weighted by atomic mass is 10.0. The van der Waals surface area contributed by atoms with Gasteiger partial charge in [0.2, 0.25) is 5.91 Å². The SMILES string of the molecule is CC1CCC(C)N1CCN1CCN(C(=O)CCC2CCNC2)CC1. The lowest BCUT2D eigenvalue weighted by Gasteiger charge is -2.36. The van der Waals surface area contributed by atoms with Crippen molar-refractivity contribution < 1.29 is 4.79 Å². The molecule has 0 aliphatic carbocycles. The highest BCUT2D eigenvalue weighted by molar-refractivity contribution is 5.76. The van der Waals surface area contributed by atoms with Crippen LogP contribution in [-0.4, -0.2) is 85.0 Å². The Morgan fingerprint density at radius 3 is 2.33 bits per heavy atom. The van der Waals surface area contributed by atoms with Crippen LogP contribution >= 0.6 is 0 Å². The fraction of sp³-hybridized carbons (Fsp3) is 0.947. The van der Waals surface area contributed by atoms with Crippen molar-refractivity contribution in [1.29, 1.82) is 0 Å². The molecule has 138 valence electrons. The Morgan fingerprint density at radius 2 is 1.71 bits per heavy atom. The maximum Gasteiger partial charge on any atom is 0.222 e. The zero-order valence-electron chi connectivity index (χ0n) is 15.7. The van der Waals surface area contributed by atoms with Crippen molar-refractivity contribution in [3.8, 4) is 0 Å². The van der Waals surface area contributed by atoms with E-state index in [2.05, 4.69) is 33.9 Å². The Hall–Kier alpha value is -0.650. The summed E-state index contributed by atoms with van der Waals surface area (Å²) in [6, 6.07) is 1.49. The number of carbonyl (C=O) groups is 1. The monoisotopic (exact) mass is 336 g/mol. The van der Waals surface area contributed by atoms with E-state index in [1.807, 2.05) is 0 Å². The third kappa shape index (κ3) is 4.70. The minimum Gasteiger partial charge on any atom is -0.340 e. The zero-order valence-corrected chi connectivity index (χ0v) is 15.7. The molecule has 0 saturated carbocycles. The fourth-order valence-corrected chi connectivity index (χ4v) is 4.61. The number of piperazine rings is 1. The molecule has 5 heteroatoms. The number of amides is 1. The van der Waals surface area contributed by atoms with Gasteiger partial charge in [-0.05, 0) is 58.5 Å². The first-order valence-electron chi connectivity index (χ1n) is 10.1. The maximum atomic E-state index is 12.4. The van der Waals surface area contributed by atoms with Gasteiger partial charge in [-0.2, -0.15) is 0 Å². The van der Waals surface area contributed by atoms with Crippen LogP contribution in [0.5, 0.6) is 0 Å². The summed E-state index contributed by atoms with van der Waals surface area (Å²) in [6.07, 6.45) is 5.75. The number of nitrogens with zero attached hydrogens (tertiary/aromatic N) is 3. The molecule has 24 heavy (non-hydrogen) atoms. The molecule has 3 unspecified atom stereocenters. The molecule has 3 heterocycles. The van der Waals surface area contributed by atoms with Crippen molar-refractivity contribution in [1.82, 2.24) is 20.0 Å². The molecule has 5 nitrogen and oxygen atoms in total. The largest absolute Gasteiger partial charge is 0.340 e. The highest BCUT2D eigenvalue weighted by Crippen LogP contribution is 2.23. The van der Waals surface area contributed by atoms with Gasteiger partial charge in [0.15, 0.2) is 0 Å². The Kier molecular flexibility index (Phi) is 6.53. The van der Waals surface area contributed by atoms with Crippen LogP contribution in [0.3, 0.4) is 0 Å². The smallest absolute Gasteiger partial charge is 0.222 e. The molecule has 0 aromatic heterocycles. The lowest BCUT2D eigenvalue weighted by Crippen LogP contribution is -2.50. The van der Waals surface area contributed by atoms with E-state index in [0.29, 0.717) is 5.91 Å². The average Bonchev–Trinajstić information content (AvgIpc) is 3.22. The molecule has 1 N–H and O–H groups in total. The second-order valence-corrected chi connectivity index (χ2v) is 8.13. The topological polar surface area (TPSA) is 38.8 Å². The van der Waals surface area contributed by atoms with Gasteiger partial charge in [0.05, 0.1) is 0 Å². The van der Waals surface area contributed by atoms with Crippen LogP contribution in [0, 0.1) is 5.92 Å². The first kappa shape index (κ1) is 18.2. The lowest BCUT2D eigenvalue weighted by molar-refractivity contribution is -0.133. The number of rotatable bonds is 6. The van der Waals surface area contributed by atoms with Gasteiger partial charge in [0.25, 0.3) is 0 Å². The summed E-state index contributed by atoms with van der Waals surface area (Å²) in [4.78, 5) is 19.7. The number of carbonyl (C=O) groups excluding carboxylic acids is 1. The van der Waals surface area contributed by atoms with Crippen LogP contribution in [0.15, 0.2) is 0 Å². The maximum absolute atomic E-state index is 12.4. The van der Waals surface area contributed by atoms with Gasteiger partial charge in [0, 0.05) is 57.8 Å². The number of hydrogen-bond donors (Lipinski definition) is 1. The standard InChI is InChI=1S/C19H36N4O/c1-16-3-4-17(2)23(16)14-11-21-9-12-22(13-10-21)19(24)6-5-18-7-8-20-15-18/h16-18,20H,3-15H2,1-2H3. The van der Waals surface area contributed by atoms with E-state index in [0.717, 1.165) is 76.7 Å². The van der Waals surface area contributed by atoms with E-state index >= 15 is 0 Å². The van der Waals surface area contributed by atoms with Crippen LogP contribution < -0.4 is 5.32 Å². The summed E-state index contributed by atoms with van der Waals surface area (Å²) in [7, 11) is 0. The van der Waals surface area contributed by atoms with E-state index in [1.54, 1.807) is 0 Å². The molecule has 1 amide bonds. The highest BCUT2D eigenvalue weighted by atomic mass is 16.2. The number of nitrogens with one attached hydrogen (secondary N) is 1. The van der Waals surface area contributed by atoms with E-state index in [1.165, 1.54) is 25.8 Å². The van der Waals surface area contributed by atoms with Crippen LogP contribution in [0.2, 0.25) is 0 Å². The molecule has 0 bridgehead atoms. The van der Waals surface area contributed by atoms with Crippen molar-refractivity contribution >= 4 is 5.91 Å². The molecule has 3 aliphatic heterocycles. The first-order valence-corrected chi connectivity index (χ1v) is 10.1. The van der Waals surface area contributed by atoms with Crippen LogP contribution in [-0.2, 0) is 4.79 Å². The van der Waals surface area contributed by atoms with Crippen molar-refractivity contribution in [2.75, 3.05) is 52.4 Å². The molecule has 0 aromatic rings. The van der Waals surface area contributed by atoms with E-state index in [9.17, 15) is 4.79 Å². The van der Waals surface area contributed by atoms with Crippen LogP contribution in [0.4, 0.5) is 0 Å². The number of hydrogen-bond acceptors (Lipinski definition) is 4. The molecule has 3 rings (SSSR count). The van der Waals surface area contributed by atoms with E-state index in [-0.39, 0.29) is 0 Å². The Labute approximate surface area is 147 Å². The van der Waals surface area contributed by atoms with Gasteiger partial charge < -0.3 is 10.2 Å². The summed E-state index contributed by atoms with van der Waals surface area (Å²) in [5.41, 5.74) is 0. The molecule has 3 atom stereocenters. The van der Waals surface area contributed by atoms with Crippen molar-refractivity contribution in [3.63, 3.8) is 0 Å². The Bertz CT molecular complexity index is 392. The van der Waals surface area contributed by atoms with Gasteiger partial charge in [-0.3, -0.25) is 14.6 Å². The summed E-state index contributed by atoms with van der Waals surface area (Å²) >= 11 is 0. The molecule has 3 saturated heterocycles. The van der Waals surface area contributed by atoms with Gasteiger partial charge >= 0.3 is 0 Å². The summed E-state index contributed by atoms with van der Waals surface area (Å²) in [5, 5.41) is 3.39. The van der Waals surface area contributed by atoms with Crippen molar-refractivity contribution in [3.05, 3.63) is 0 Å². The van der Waals surface area contributed by atoms with Crippen LogP contribution in [0.1, 0.15) is 46.0 Å². The Morgan fingerprint density at radius 1 is 1.00 bits per heavy atom. The Balaban J connectivity index is 1.32. The van der Waals surface area contributed by atoms with Crippen LogP contribution in [0.25, 0.3) is 0 Å². The predicted octanol–water partition coefficient (Wildman–Crippen LogP) is 1.39. The average molecular weight is 337 g/mol. The first-order chi connectivity index (χ1) is 11.6. The van der Waals surface area contributed by atoms with Gasteiger partial charge in [-0.15, -0.1) is 0 Å². The molecule has 3 fully saturated rings. The third-order valence-corrected chi connectivity index (χ3v) is 6.46. The summed E-state index contributed by atoms with van der Waals surface area (Å²) in [6.45, 7) is 13.2. The molecule has 0 spiro atoms. The van der Waals surface area contributed by atoms with Crippen molar-refractivity contribution in [2.24, 2.45) is 5.92 Å². The fourth-order valence-electron chi connectivity index (χ4n) is 4.61. The van der Waals surface area contributed by atoms with Gasteiger partial charge in [-0.1, -0.05) is 0 Å². The summed E-state index contributed by atoms with van der Waals surface area (Å²) in [5.74, 6) is 1.10. The van der Waals surface area contributed by atoms with Gasteiger partial charge in [0.1, 0.15) is 0 Å². The third-order valence-electron chi connectivity index (χ3n) is 6.46. The second kappa shape index (κ2) is 8.63. The quantitative estimate of drug-likeness (QED) is 0.796. The van der Waals surface area contributed by atoms with Gasteiger partial charge in [-0.25, -0.2) is 0 Å². The van der Waals surface area contributed by atoms with E-state index in [4.69, 9.17) is 0 Å². The highest BCUT2D eigenvalue weighted by Gasteiger charge is 2.28. The minimum atomic E-state index is 0.378. The zero-order chi connectivity index (χ0) is 16.9. The molecular formula is C19H36N4O. The molecule has 3 aliphatic rings. The minimum absolute atomic E-state index is 0.378. The molecular weight excluding hydrogens is 300 g/mol. The second-order valence-electron chi connectivity index (χ2n) is 8.13. The van der Waals surface area contributed by atoms with E-state index < -0.39 is 0 Å². The predicted molar refractivity (Wildman–Crippen MR) is 98.1 cm³/mol. The summed E-state index contributed by atoms with van der Waals surface area (Å²) < 4.78 is 0.